The Morgan fingerprint density at radius 1 is 1.35 bits per heavy atom. The molecule has 2 N–H and O–H groups in total. The van der Waals surface area contributed by atoms with Gasteiger partial charge in [0.25, 0.3) is 5.91 Å². The number of nitrogens with one attached hydrogen (secondary N) is 2. The number of ether oxygens (including phenoxy) is 1. The van der Waals surface area contributed by atoms with Crippen LogP contribution in [0.4, 0.5) is 10.5 Å². The fourth-order valence-corrected chi connectivity index (χ4v) is 1.32. The summed E-state index contributed by atoms with van der Waals surface area (Å²) in [6.45, 7) is 1.84. The third-order valence-corrected chi connectivity index (χ3v) is 2.21. The van der Waals surface area contributed by atoms with E-state index in [1.165, 1.54) is 18.2 Å². The molecule has 0 aliphatic heterocycles. The molecule has 0 radical (unpaired) electrons. The Morgan fingerprint density at radius 2 is 2.05 bits per heavy atom. The zero-order chi connectivity index (χ0) is 15.0. The van der Waals surface area contributed by atoms with E-state index in [0.717, 1.165) is 6.42 Å². The molecular formula is C12H15N3O5. The fraction of sp³-hybridized carbons (Fsp3) is 0.333. The number of carbonyl (C=O) groups is 2. The quantitative estimate of drug-likeness (QED) is 0.601. The number of nitro groups is 1. The van der Waals surface area contributed by atoms with E-state index >= 15 is 0 Å². The van der Waals surface area contributed by atoms with Crippen molar-refractivity contribution in [2.45, 2.75) is 13.3 Å². The molecule has 0 saturated carbocycles. The van der Waals surface area contributed by atoms with Gasteiger partial charge in [-0.1, -0.05) is 19.1 Å². The van der Waals surface area contributed by atoms with Gasteiger partial charge in [-0.25, -0.2) is 4.79 Å². The molecule has 0 unspecified atom stereocenters. The van der Waals surface area contributed by atoms with Crippen LogP contribution in [-0.4, -0.2) is 30.0 Å². The third-order valence-electron chi connectivity index (χ3n) is 2.21. The zero-order valence-electron chi connectivity index (χ0n) is 10.9. The summed E-state index contributed by atoms with van der Waals surface area (Å²) in [5, 5.41) is 15.2. The lowest BCUT2D eigenvalue weighted by molar-refractivity contribution is -0.385. The smallest absolute Gasteiger partial charge is 0.321 e. The van der Waals surface area contributed by atoms with Crippen LogP contribution in [0.3, 0.4) is 0 Å². The van der Waals surface area contributed by atoms with Gasteiger partial charge in [0.15, 0.2) is 12.4 Å². The second-order valence-electron chi connectivity index (χ2n) is 3.82. The number of hydrogen-bond acceptors (Lipinski definition) is 5. The molecular weight excluding hydrogens is 266 g/mol. The maximum atomic E-state index is 11.4. The molecule has 0 aliphatic carbocycles. The van der Waals surface area contributed by atoms with E-state index in [-0.39, 0.29) is 11.4 Å². The first kappa shape index (κ1) is 15.4. The summed E-state index contributed by atoms with van der Waals surface area (Å²) in [5.74, 6) is -0.710. The predicted octanol–water partition coefficient (Wildman–Crippen LogP) is 1.21. The number of rotatable bonds is 6. The van der Waals surface area contributed by atoms with Crippen molar-refractivity contribution in [1.82, 2.24) is 10.6 Å². The van der Waals surface area contributed by atoms with Gasteiger partial charge in [0.2, 0.25) is 0 Å². The summed E-state index contributed by atoms with van der Waals surface area (Å²) in [7, 11) is 0. The summed E-state index contributed by atoms with van der Waals surface area (Å²) in [5.41, 5.74) is -0.240. The van der Waals surface area contributed by atoms with Crippen molar-refractivity contribution in [3.05, 3.63) is 34.4 Å². The number of benzene rings is 1. The lowest BCUT2D eigenvalue weighted by Gasteiger charge is -2.07. The van der Waals surface area contributed by atoms with Gasteiger partial charge in [-0.15, -0.1) is 0 Å². The first-order chi connectivity index (χ1) is 9.54. The van der Waals surface area contributed by atoms with Crippen molar-refractivity contribution in [3.63, 3.8) is 0 Å². The normalized spacial score (nSPS) is 9.65. The Bertz CT molecular complexity index is 504. The average molecular weight is 281 g/mol. The maximum Gasteiger partial charge on any atom is 0.321 e. The van der Waals surface area contributed by atoms with Crippen LogP contribution in [0, 0.1) is 10.1 Å². The van der Waals surface area contributed by atoms with Gasteiger partial charge < -0.3 is 10.1 Å². The lowest BCUT2D eigenvalue weighted by Crippen LogP contribution is -2.41. The molecule has 0 aliphatic rings. The Kier molecular flexibility index (Phi) is 5.95. The molecule has 0 spiro atoms. The first-order valence-electron chi connectivity index (χ1n) is 5.98. The van der Waals surface area contributed by atoms with E-state index in [1.807, 2.05) is 12.2 Å². The van der Waals surface area contributed by atoms with Crippen LogP contribution in [0.1, 0.15) is 13.3 Å². The van der Waals surface area contributed by atoms with Crippen LogP contribution in [0.5, 0.6) is 5.75 Å². The molecule has 8 nitrogen and oxygen atoms in total. The minimum Gasteiger partial charge on any atom is -0.477 e. The molecule has 3 amide bonds. The van der Waals surface area contributed by atoms with Crippen molar-refractivity contribution in [1.29, 1.82) is 0 Å². The highest BCUT2D eigenvalue weighted by atomic mass is 16.6. The van der Waals surface area contributed by atoms with Gasteiger partial charge in [0.05, 0.1) is 4.92 Å². The van der Waals surface area contributed by atoms with Crippen LogP contribution in [-0.2, 0) is 4.79 Å². The molecule has 8 heteroatoms. The number of imide groups is 1. The Morgan fingerprint density at radius 3 is 2.70 bits per heavy atom. The van der Waals surface area contributed by atoms with Crippen LogP contribution in [0.25, 0.3) is 0 Å². The van der Waals surface area contributed by atoms with Gasteiger partial charge in [-0.2, -0.15) is 0 Å². The number of urea groups is 1. The number of hydrogen-bond donors (Lipinski definition) is 2. The molecule has 0 fully saturated rings. The van der Waals surface area contributed by atoms with Crippen LogP contribution in [0.15, 0.2) is 24.3 Å². The zero-order valence-corrected chi connectivity index (χ0v) is 10.9. The minimum atomic E-state index is -0.684. The SMILES string of the molecule is CCCNC(=O)NC(=O)COc1ccccc1[N+](=O)[O-]. The van der Waals surface area contributed by atoms with Gasteiger partial charge in [0, 0.05) is 12.6 Å². The molecule has 108 valence electrons. The van der Waals surface area contributed by atoms with Crippen LogP contribution >= 0.6 is 0 Å². The Labute approximate surface area is 115 Å². The second-order valence-corrected chi connectivity index (χ2v) is 3.82. The number of carbonyl (C=O) groups excluding carboxylic acids is 2. The summed E-state index contributed by atoms with van der Waals surface area (Å²) < 4.78 is 5.03. The fourth-order valence-electron chi connectivity index (χ4n) is 1.32. The van der Waals surface area contributed by atoms with E-state index in [0.29, 0.717) is 6.54 Å². The summed E-state index contributed by atoms with van der Waals surface area (Å²) in [6, 6.07) is 5.06. The topological polar surface area (TPSA) is 111 Å². The average Bonchev–Trinajstić information content (AvgIpc) is 2.43. The monoisotopic (exact) mass is 281 g/mol. The summed E-state index contributed by atoms with van der Waals surface area (Å²) in [6.07, 6.45) is 0.744. The Balaban J connectivity index is 2.49. The molecule has 1 aromatic carbocycles. The van der Waals surface area contributed by atoms with Crippen LogP contribution < -0.4 is 15.4 Å². The van der Waals surface area contributed by atoms with Crippen molar-refractivity contribution >= 4 is 17.6 Å². The molecule has 0 atom stereocenters. The number of amides is 3. The number of para-hydroxylation sites is 2. The standard InChI is InChI=1S/C12H15N3O5/c1-2-7-13-12(17)14-11(16)8-20-10-6-4-3-5-9(10)15(18)19/h3-6H,2,7-8H2,1H3,(H2,13,14,16,17). The van der Waals surface area contributed by atoms with Crippen molar-refractivity contribution < 1.29 is 19.2 Å². The number of nitrogens with zero attached hydrogens (tertiary/aromatic N) is 1. The second kappa shape index (κ2) is 7.72. The summed E-state index contributed by atoms with van der Waals surface area (Å²) >= 11 is 0. The molecule has 0 heterocycles. The van der Waals surface area contributed by atoms with E-state index in [1.54, 1.807) is 6.07 Å². The number of nitro benzene ring substituents is 1. The van der Waals surface area contributed by atoms with E-state index in [9.17, 15) is 19.7 Å². The molecule has 1 rings (SSSR count). The molecule has 1 aromatic rings. The summed E-state index contributed by atoms with van der Waals surface area (Å²) in [4.78, 5) is 32.7. The largest absolute Gasteiger partial charge is 0.477 e. The highest BCUT2D eigenvalue weighted by Crippen LogP contribution is 2.25. The molecule has 0 bridgehead atoms. The highest BCUT2D eigenvalue weighted by molar-refractivity contribution is 5.95. The van der Waals surface area contributed by atoms with Gasteiger partial charge in [-0.3, -0.25) is 20.2 Å². The Hall–Kier alpha value is -2.64. The van der Waals surface area contributed by atoms with Crippen LogP contribution in [0.2, 0.25) is 0 Å². The first-order valence-corrected chi connectivity index (χ1v) is 5.98. The highest BCUT2D eigenvalue weighted by Gasteiger charge is 2.15. The van der Waals surface area contributed by atoms with Gasteiger partial charge in [-0.05, 0) is 12.5 Å². The lowest BCUT2D eigenvalue weighted by atomic mass is 10.3. The van der Waals surface area contributed by atoms with E-state index in [4.69, 9.17) is 4.74 Å². The van der Waals surface area contributed by atoms with E-state index in [2.05, 4.69) is 5.32 Å². The van der Waals surface area contributed by atoms with Crippen molar-refractivity contribution in [3.8, 4) is 5.75 Å². The van der Waals surface area contributed by atoms with Gasteiger partial charge in [0.1, 0.15) is 0 Å². The molecule has 0 saturated heterocycles. The van der Waals surface area contributed by atoms with Crippen molar-refractivity contribution in [2.75, 3.05) is 13.2 Å². The van der Waals surface area contributed by atoms with Crippen molar-refractivity contribution in [2.24, 2.45) is 0 Å². The molecule has 0 aromatic heterocycles. The molecule has 20 heavy (non-hydrogen) atoms. The predicted molar refractivity (Wildman–Crippen MR) is 70.4 cm³/mol. The minimum absolute atomic E-state index is 0.0263. The van der Waals surface area contributed by atoms with E-state index < -0.39 is 23.5 Å². The van der Waals surface area contributed by atoms with Gasteiger partial charge >= 0.3 is 11.7 Å². The maximum absolute atomic E-state index is 11.4. The third kappa shape index (κ3) is 4.92.